The highest BCUT2D eigenvalue weighted by atomic mass is 16.5. The third-order valence-corrected chi connectivity index (χ3v) is 11.9. The van der Waals surface area contributed by atoms with E-state index in [0.29, 0.717) is 35.5 Å². The van der Waals surface area contributed by atoms with Crippen LogP contribution in [0.1, 0.15) is 225 Å². The molecule has 2 aromatic carbocycles. The Morgan fingerprint density at radius 2 is 0.672 bits per heavy atom. The number of carbonyl (C=O) groups excluding carboxylic acids is 2. The van der Waals surface area contributed by atoms with Crippen molar-refractivity contribution in [1.29, 1.82) is 0 Å². The molecule has 344 valence electrons. The fourth-order valence-corrected chi connectivity index (χ4v) is 7.62. The minimum atomic E-state index is -1.88. The largest absolute Gasteiger partial charge is 0.511 e. The van der Waals surface area contributed by atoms with Gasteiger partial charge in [0.2, 0.25) is 0 Å². The lowest BCUT2D eigenvalue weighted by molar-refractivity contribution is 0.0483. The molecule has 0 aliphatic carbocycles. The average molecular weight is 849 g/mol. The van der Waals surface area contributed by atoms with Crippen molar-refractivity contribution in [2.45, 2.75) is 194 Å². The first-order chi connectivity index (χ1) is 29.8. The smallest absolute Gasteiger partial charge is 0.338 e. The topological polar surface area (TPSA) is 134 Å². The molecule has 0 aliphatic heterocycles. The second-order valence-corrected chi connectivity index (χ2v) is 17.2. The Morgan fingerprint density at radius 1 is 0.426 bits per heavy atom. The summed E-state index contributed by atoms with van der Waals surface area (Å²) in [5, 5.41) is 42.7. The molecule has 0 unspecified atom stereocenters. The second kappa shape index (κ2) is 34.9. The summed E-state index contributed by atoms with van der Waals surface area (Å²) in [6.45, 7) is 3.70. The number of carbonyl (C=O) groups is 2. The van der Waals surface area contributed by atoms with E-state index in [1.54, 1.807) is 48.5 Å². The summed E-state index contributed by atoms with van der Waals surface area (Å²) in [6.07, 6.45) is 38.0. The van der Waals surface area contributed by atoms with Crippen molar-refractivity contribution >= 4 is 24.1 Å². The number of benzene rings is 2. The van der Waals surface area contributed by atoms with Crippen molar-refractivity contribution < 1.29 is 39.5 Å². The van der Waals surface area contributed by atoms with E-state index >= 15 is 0 Å². The summed E-state index contributed by atoms with van der Waals surface area (Å²) in [4.78, 5) is 25.2. The van der Waals surface area contributed by atoms with Crippen LogP contribution in [0.15, 0.2) is 60.0 Å². The standard InChI is InChI=1S/C53H84O8/c1-3-5-7-9-11-13-15-17-19-21-23-25-27-29-39-60-51(58)47-35-31-45(32-36-47)41-49(56)53(43-54,44-55)50(57)42-46-33-37-48(38-34-46)52(59)61-40-30-28-26-24-22-20-18-16-14-12-10-8-6-4-2/h31-38,41-42,54-57H,3-30,39-40,43-44H2,1-2H3. The number of hydrogen-bond donors (Lipinski definition) is 4. The van der Waals surface area contributed by atoms with Gasteiger partial charge < -0.3 is 29.9 Å². The highest BCUT2D eigenvalue weighted by Gasteiger charge is 2.38. The minimum Gasteiger partial charge on any atom is -0.511 e. The van der Waals surface area contributed by atoms with Crippen molar-refractivity contribution in [2.75, 3.05) is 26.4 Å². The van der Waals surface area contributed by atoms with Crippen LogP contribution < -0.4 is 0 Å². The Bertz CT molecular complexity index is 1350. The Hall–Kier alpha value is -3.62. The van der Waals surface area contributed by atoms with E-state index in [4.69, 9.17) is 9.47 Å². The number of unbranched alkanes of at least 4 members (excludes halogenated alkanes) is 26. The zero-order chi connectivity index (χ0) is 44.2. The number of hydrogen-bond acceptors (Lipinski definition) is 8. The Balaban J connectivity index is 1.71. The van der Waals surface area contributed by atoms with E-state index in [0.717, 1.165) is 38.5 Å². The Morgan fingerprint density at radius 3 is 0.918 bits per heavy atom. The van der Waals surface area contributed by atoms with Crippen LogP contribution in [-0.4, -0.2) is 58.8 Å². The molecule has 0 aliphatic rings. The molecule has 4 N–H and O–H groups in total. The van der Waals surface area contributed by atoms with Gasteiger partial charge in [-0.1, -0.05) is 205 Å². The molecule has 8 nitrogen and oxygen atoms in total. The lowest BCUT2D eigenvalue weighted by Crippen LogP contribution is -2.34. The van der Waals surface area contributed by atoms with Crippen LogP contribution in [0.2, 0.25) is 0 Å². The Labute approximate surface area is 370 Å². The van der Waals surface area contributed by atoms with Crippen LogP contribution in [0.5, 0.6) is 0 Å². The maximum Gasteiger partial charge on any atom is 0.338 e. The van der Waals surface area contributed by atoms with Gasteiger partial charge in [-0.25, -0.2) is 9.59 Å². The predicted molar refractivity (Wildman–Crippen MR) is 252 cm³/mol. The number of rotatable bonds is 38. The first-order valence-electron chi connectivity index (χ1n) is 24.4. The van der Waals surface area contributed by atoms with Gasteiger partial charge in [-0.2, -0.15) is 0 Å². The first-order valence-corrected chi connectivity index (χ1v) is 24.4. The van der Waals surface area contributed by atoms with Gasteiger partial charge in [-0.05, 0) is 60.4 Å². The van der Waals surface area contributed by atoms with Gasteiger partial charge in [-0.3, -0.25) is 0 Å². The van der Waals surface area contributed by atoms with E-state index in [9.17, 15) is 30.0 Å². The van der Waals surface area contributed by atoms with E-state index in [2.05, 4.69) is 13.8 Å². The molecule has 0 saturated carbocycles. The Kier molecular flexibility index (Phi) is 30.6. The maximum atomic E-state index is 12.6. The summed E-state index contributed by atoms with van der Waals surface area (Å²) in [5.41, 5.74) is -0.130. The molecule has 0 heterocycles. The van der Waals surface area contributed by atoms with Gasteiger partial charge >= 0.3 is 11.9 Å². The van der Waals surface area contributed by atoms with E-state index < -0.39 is 42.1 Å². The van der Waals surface area contributed by atoms with Gasteiger partial charge in [0.05, 0.1) is 37.6 Å². The zero-order valence-corrected chi connectivity index (χ0v) is 38.3. The van der Waals surface area contributed by atoms with E-state index in [-0.39, 0.29) is 0 Å². The summed E-state index contributed by atoms with van der Waals surface area (Å²) in [6, 6.07) is 12.9. The maximum absolute atomic E-state index is 12.6. The summed E-state index contributed by atoms with van der Waals surface area (Å²) < 4.78 is 10.9. The molecule has 0 atom stereocenters. The fourth-order valence-electron chi connectivity index (χ4n) is 7.62. The van der Waals surface area contributed by atoms with Crippen LogP contribution in [0.25, 0.3) is 12.2 Å². The van der Waals surface area contributed by atoms with Gasteiger partial charge in [0.15, 0.2) is 0 Å². The quantitative estimate of drug-likeness (QED) is 0.0298. The molecular formula is C53H84O8. The molecule has 0 saturated heterocycles. The van der Waals surface area contributed by atoms with Crippen molar-refractivity contribution in [2.24, 2.45) is 5.41 Å². The molecule has 0 aromatic heterocycles. The first kappa shape index (κ1) is 53.5. The van der Waals surface area contributed by atoms with Crippen LogP contribution in [0, 0.1) is 5.41 Å². The predicted octanol–water partition coefficient (Wildman–Crippen LogP) is 14.4. The lowest BCUT2D eigenvalue weighted by Gasteiger charge is -2.28. The molecular weight excluding hydrogens is 765 g/mol. The summed E-state index contributed by atoms with van der Waals surface area (Å²) in [7, 11) is 0. The highest BCUT2D eigenvalue weighted by molar-refractivity contribution is 5.90. The van der Waals surface area contributed by atoms with E-state index in [1.807, 2.05) is 0 Å². The number of ether oxygens (including phenoxy) is 2. The van der Waals surface area contributed by atoms with Crippen LogP contribution >= 0.6 is 0 Å². The van der Waals surface area contributed by atoms with Crippen LogP contribution in [0.3, 0.4) is 0 Å². The van der Waals surface area contributed by atoms with E-state index in [1.165, 1.54) is 153 Å². The summed E-state index contributed by atoms with van der Waals surface area (Å²) >= 11 is 0. The van der Waals surface area contributed by atoms with Gasteiger partial charge in [0.1, 0.15) is 16.9 Å². The fraction of sp³-hybridized carbons (Fsp3) is 0.660. The summed E-state index contributed by atoms with van der Waals surface area (Å²) in [5.74, 6) is -1.75. The SMILES string of the molecule is CCCCCCCCCCCCCCCCOC(=O)c1ccc(C=C(O)C(CO)(CO)C(O)=Cc2ccc(C(=O)OCCCCCCCCCCCCCCCC)cc2)cc1. The molecule has 2 rings (SSSR count). The normalized spacial score (nSPS) is 12.2. The van der Waals surface area contributed by atoms with Crippen molar-refractivity contribution in [3.8, 4) is 0 Å². The molecule has 0 radical (unpaired) electrons. The number of esters is 2. The number of aliphatic hydroxyl groups excluding tert-OH is 4. The van der Waals surface area contributed by atoms with Crippen LogP contribution in [0.4, 0.5) is 0 Å². The third-order valence-electron chi connectivity index (χ3n) is 11.9. The van der Waals surface area contributed by atoms with Crippen molar-refractivity contribution in [1.82, 2.24) is 0 Å². The lowest BCUT2D eigenvalue weighted by atomic mass is 9.83. The van der Waals surface area contributed by atoms with Crippen molar-refractivity contribution in [3.05, 3.63) is 82.3 Å². The van der Waals surface area contributed by atoms with Gasteiger partial charge in [0, 0.05) is 0 Å². The van der Waals surface area contributed by atoms with Crippen LogP contribution in [-0.2, 0) is 9.47 Å². The van der Waals surface area contributed by atoms with Gasteiger partial charge in [0.25, 0.3) is 0 Å². The zero-order valence-electron chi connectivity index (χ0n) is 38.3. The average Bonchev–Trinajstić information content (AvgIpc) is 3.27. The molecule has 0 bridgehead atoms. The molecule has 0 amide bonds. The van der Waals surface area contributed by atoms with Gasteiger partial charge in [-0.15, -0.1) is 0 Å². The third kappa shape index (κ3) is 23.4. The highest BCUT2D eigenvalue weighted by Crippen LogP contribution is 2.34. The number of aliphatic hydroxyl groups is 4. The molecule has 8 heteroatoms. The minimum absolute atomic E-state index is 0.368. The molecule has 61 heavy (non-hydrogen) atoms. The molecule has 2 aromatic rings. The molecule has 0 spiro atoms. The molecule has 0 fully saturated rings. The monoisotopic (exact) mass is 849 g/mol. The van der Waals surface area contributed by atoms with Crippen molar-refractivity contribution in [3.63, 3.8) is 0 Å². The second-order valence-electron chi connectivity index (χ2n) is 17.2.